The molecule has 0 unspecified atom stereocenters. The first-order chi connectivity index (χ1) is 11.6. The fourth-order valence-electron chi connectivity index (χ4n) is 2.99. The lowest BCUT2D eigenvalue weighted by Crippen LogP contribution is -2.40. The number of amides is 2. The number of nitrogens with one attached hydrogen (secondary N) is 2. The van der Waals surface area contributed by atoms with Gasteiger partial charge in [0.25, 0.3) is 5.56 Å². The standard InChI is InChI=1S/C15H20N6O3/c1-24-14-12-10(8-18-20-13(12)22)6-11(19-14)21-4-2-9(3-5-21)7-17-15(16)23/h6,8-9H,2-5,7H2,1H3,(H,20,22)(H3,16,17,23). The quantitative estimate of drug-likeness (QED) is 0.735. The summed E-state index contributed by atoms with van der Waals surface area (Å²) in [5.74, 6) is 1.46. The third kappa shape index (κ3) is 3.24. The molecule has 9 nitrogen and oxygen atoms in total. The van der Waals surface area contributed by atoms with Gasteiger partial charge in [-0.05, 0) is 24.8 Å². The monoisotopic (exact) mass is 332 g/mol. The summed E-state index contributed by atoms with van der Waals surface area (Å²) in [7, 11) is 1.49. The molecule has 0 aliphatic carbocycles. The average Bonchev–Trinajstić information content (AvgIpc) is 2.59. The second-order valence-electron chi connectivity index (χ2n) is 5.83. The van der Waals surface area contributed by atoms with Crippen LogP contribution in [0.25, 0.3) is 10.8 Å². The van der Waals surface area contributed by atoms with Crippen LogP contribution in [0.3, 0.4) is 0 Å². The van der Waals surface area contributed by atoms with E-state index < -0.39 is 6.03 Å². The van der Waals surface area contributed by atoms with Crippen molar-refractivity contribution < 1.29 is 9.53 Å². The number of piperidine rings is 1. The van der Waals surface area contributed by atoms with Crippen LogP contribution < -0.4 is 26.2 Å². The summed E-state index contributed by atoms with van der Waals surface area (Å²) in [6.45, 7) is 2.21. The van der Waals surface area contributed by atoms with Crippen LogP contribution in [0.4, 0.5) is 10.6 Å². The fourth-order valence-corrected chi connectivity index (χ4v) is 2.99. The van der Waals surface area contributed by atoms with Crippen molar-refractivity contribution in [2.75, 3.05) is 31.6 Å². The average molecular weight is 332 g/mol. The van der Waals surface area contributed by atoms with E-state index in [1.165, 1.54) is 7.11 Å². The van der Waals surface area contributed by atoms with Gasteiger partial charge in [0, 0.05) is 25.0 Å². The number of pyridine rings is 1. The predicted molar refractivity (Wildman–Crippen MR) is 89.2 cm³/mol. The van der Waals surface area contributed by atoms with Gasteiger partial charge < -0.3 is 20.7 Å². The highest BCUT2D eigenvalue weighted by atomic mass is 16.5. The lowest BCUT2D eigenvalue weighted by molar-refractivity contribution is 0.245. The molecule has 0 atom stereocenters. The summed E-state index contributed by atoms with van der Waals surface area (Å²) in [5.41, 5.74) is 4.79. The molecule has 1 aliphatic rings. The molecule has 9 heteroatoms. The summed E-state index contributed by atoms with van der Waals surface area (Å²) in [6.07, 6.45) is 3.44. The molecule has 2 aromatic heterocycles. The van der Waals surface area contributed by atoms with Crippen molar-refractivity contribution in [3.8, 4) is 5.88 Å². The van der Waals surface area contributed by atoms with Gasteiger partial charge in [-0.15, -0.1) is 0 Å². The molecular weight excluding hydrogens is 312 g/mol. The minimum absolute atomic E-state index is 0.295. The number of rotatable bonds is 4. The van der Waals surface area contributed by atoms with Crippen LogP contribution in [0, 0.1) is 5.92 Å². The second kappa shape index (κ2) is 6.73. The summed E-state index contributed by atoms with van der Waals surface area (Å²) >= 11 is 0. The van der Waals surface area contributed by atoms with E-state index in [-0.39, 0.29) is 5.56 Å². The zero-order chi connectivity index (χ0) is 17.1. The molecule has 0 bridgehead atoms. The Morgan fingerprint density at radius 2 is 2.25 bits per heavy atom. The van der Waals surface area contributed by atoms with Crippen LogP contribution in [0.5, 0.6) is 5.88 Å². The summed E-state index contributed by atoms with van der Waals surface area (Å²) in [6, 6.07) is 1.36. The molecule has 3 heterocycles. The van der Waals surface area contributed by atoms with Crippen molar-refractivity contribution in [3.05, 3.63) is 22.6 Å². The molecule has 3 rings (SSSR count). The lowest BCUT2D eigenvalue weighted by Gasteiger charge is -2.33. The fraction of sp³-hybridized carbons (Fsp3) is 0.467. The number of aromatic amines is 1. The van der Waals surface area contributed by atoms with Crippen LogP contribution in [-0.2, 0) is 0 Å². The third-order valence-corrected chi connectivity index (χ3v) is 4.30. The summed E-state index contributed by atoms with van der Waals surface area (Å²) in [5, 5.41) is 9.98. The van der Waals surface area contributed by atoms with E-state index in [1.54, 1.807) is 6.20 Å². The molecule has 0 radical (unpaired) electrons. The van der Waals surface area contributed by atoms with Crippen molar-refractivity contribution in [1.29, 1.82) is 0 Å². The van der Waals surface area contributed by atoms with Crippen molar-refractivity contribution in [1.82, 2.24) is 20.5 Å². The Labute approximate surface area is 138 Å². The van der Waals surface area contributed by atoms with Gasteiger partial charge in [0.1, 0.15) is 11.2 Å². The van der Waals surface area contributed by atoms with Gasteiger partial charge in [-0.1, -0.05) is 0 Å². The van der Waals surface area contributed by atoms with E-state index in [0.29, 0.717) is 29.1 Å². The Morgan fingerprint density at radius 3 is 2.92 bits per heavy atom. The van der Waals surface area contributed by atoms with Gasteiger partial charge in [-0.2, -0.15) is 10.1 Å². The maximum atomic E-state index is 11.9. The van der Waals surface area contributed by atoms with E-state index in [9.17, 15) is 9.59 Å². The molecule has 2 amide bonds. The van der Waals surface area contributed by atoms with Gasteiger partial charge >= 0.3 is 6.03 Å². The number of anilines is 1. The highest BCUT2D eigenvalue weighted by Gasteiger charge is 2.22. The third-order valence-electron chi connectivity index (χ3n) is 4.30. The maximum absolute atomic E-state index is 11.9. The normalized spacial score (nSPS) is 15.5. The predicted octanol–water partition coefficient (Wildman–Crippen LogP) is 0.211. The molecule has 24 heavy (non-hydrogen) atoms. The molecule has 4 N–H and O–H groups in total. The number of hydrogen-bond acceptors (Lipinski definition) is 6. The molecule has 0 saturated carbocycles. The number of primary amides is 1. The van der Waals surface area contributed by atoms with Crippen LogP contribution in [0.1, 0.15) is 12.8 Å². The Morgan fingerprint density at radius 1 is 1.50 bits per heavy atom. The SMILES string of the molecule is COc1nc(N2CCC(CNC(N)=O)CC2)cc2cn[nH]c(=O)c12. The summed E-state index contributed by atoms with van der Waals surface area (Å²) in [4.78, 5) is 29.3. The maximum Gasteiger partial charge on any atom is 0.312 e. The highest BCUT2D eigenvalue weighted by Crippen LogP contribution is 2.27. The Kier molecular flexibility index (Phi) is 4.50. The van der Waals surface area contributed by atoms with Gasteiger partial charge in [-0.25, -0.2) is 9.89 Å². The molecule has 1 aliphatic heterocycles. The van der Waals surface area contributed by atoms with Gasteiger partial charge in [0.2, 0.25) is 5.88 Å². The molecule has 128 valence electrons. The Balaban J connectivity index is 1.79. The van der Waals surface area contributed by atoms with Crippen molar-refractivity contribution in [3.63, 3.8) is 0 Å². The van der Waals surface area contributed by atoms with Crippen LogP contribution in [-0.4, -0.2) is 48.0 Å². The number of urea groups is 1. The number of nitrogens with two attached hydrogens (primary N) is 1. The zero-order valence-corrected chi connectivity index (χ0v) is 13.4. The van der Waals surface area contributed by atoms with Gasteiger partial charge in [0.05, 0.1) is 13.3 Å². The first kappa shape index (κ1) is 16.0. The van der Waals surface area contributed by atoms with Crippen LogP contribution >= 0.6 is 0 Å². The first-order valence-electron chi connectivity index (χ1n) is 7.79. The lowest BCUT2D eigenvalue weighted by atomic mass is 9.97. The number of nitrogens with zero attached hydrogens (tertiary/aromatic N) is 3. The second-order valence-corrected chi connectivity index (χ2v) is 5.83. The highest BCUT2D eigenvalue weighted by molar-refractivity contribution is 5.87. The molecule has 0 aromatic carbocycles. The van der Waals surface area contributed by atoms with E-state index in [0.717, 1.165) is 31.7 Å². The number of ether oxygens (including phenoxy) is 1. The molecular formula is C15H20N6O3. The van der Waals surface area contributed by atoms with Crippen LogP contribution in [0.2, 0.25) is 0 Å². The van der Waals surface area contributed by atoms with E-state index in [1.807, 2.05) is 6.07 Å². The number of hydrogen-bond donors (Lipinski definition) is 3. The molecule has 1 fully saturated rings. The minimum Gasteiger partial charge on any atom is -0.480 e. The Bertz CT molecular complexity index is 797. The number of H-pyrrole nitrogens is 1. The number of methoxy groups -OCH3 is 1. The number of aromatic nitrogens is 3. The topological polar surface area (TPSA) is 126 Å². The van der Waals surface area contributed by atoms with Crippen molar-refractivity contribution in [2.45, 2.75) is 12.8 Å². The summed E-state index contributed by atoms with van der Waals surface area (Å²) < 4.78 is 5.28. The van der Waals surface area contributed by atoms with Crippen molar-refractivity contribution >= 4 is 22.6 Å². The van der Waals surface area contributed by atoms with E-state index in [2.05, 4.69) is 25.4 Å². The Hall–Kier alpha value is -2.84. The molecule has 2 aromatic rings. The van der Waals surface area contributed by atoms with E-state index >= 15 is 0 Å². The number of carbonyl (C=O) groups excluding carboxylic acids is 1. The minimum atomic E-state index is -0.490. The van der Waals surface area contributed by atoms with E-state index in [4.69, 9.17) is 10.5 Å². The largest absolute Gasteiger partial charge is 0.480 e. The first-order valence-corrected chi connectivity index (χ1v) is 7.79. The van der Waals surface area contributed by atoms with Gasteiger partial charge in [0.15, 0.2) is 0 Å². The van der Waals surface area contributed by atoms with Crippen molar-refractivity contribution in [2.24, 2.45) is 11.7 Å². The molecule has 1 saturated heterocycles. The molecule has 0 spiro atoms. The zero-order valence-electron chi connectivity index (χ0n) is 13.4. The van der Waals surface area contributed by atoms with Gasteiger partial charge in [-0.3, -0.25) is 4.79 Å². The van der Waals surface area contributed by atoms with Crippen LogP contribution in [0.15, 0.2) is 17.1 Å². The number of carbonyl (C=O) groups is 1. The number of fused-ring (bicyclic) bond motifs is 1. The smallest absolute Gasteiger partial charge is 0.312 e.